The van der Waals surface area contributed by atoms with E-state index in [1.807, 2.05) is 6.07 Å². The number of aromatic nitrogens is 2. The topological polar surface area (TPSA) is 35.9 Å². The SMILES string of the molecule is N/C(=C\Cc1ccc(-n2c3ccc(-c4ccccc4)cc3c3cc(-c4ccc5c(c4)c4ccccc4n5-c4ccccc4)ccc32)cc1)c1cccc(-c2ccccc2)c1. The zero-order valence-electron chi connectivity index (χ0n) is 33.0. The molecule has 0 atom stereocenters. The van der Waals surface area contributed by atoms with Crippen LogP contribution >= 0.6 is 0 Å². The quantitative estimate of drug-likeness (QED) is 0.164. The molecular formula is C57H41N3. The van der Waals surface area contributed by atoms with Gasteiger partial charge in [0.1, 0.15) is 0 Å². The highest BCUT2D eigenvalue weighted by Crippen LogP contribution is 2.39. The summed E-state index contributed by atoms with van der Waals surface area (Å²) in [6.45, 7) is 0. The van der Waals surface area contributed by atoms with Crippen molar-refractivity contribution in [1.82, 2.24) is 9.13 Å². The number of allylic oxidation sites excluding steroid dienone is 1. The minimum absolute atomic E-state index is 0.743. The Balaban J connectivity index is 0.981. The Kier molecular flexibility index (Phi) is 8.71. The van der Waals surface area contributed by atoms with E-state index in [-0.39, 0.29) is 0 Å². The number of nitrogens with zero attached hydrogens (tertiary/aromatic N) is 2. The van der Waals surface area contributed by atoms with Crippen molar-refractivity contribution in [3.05, 3.63) is 236 Å². The Labute approximate surface area is 349 Å². The van der Waals surface area contributed by atoms with Gasteiger partial charge < -0.3 is 14.9 Å². The summed E-state index contributed by atoms with van der Waals surface area (Å²) < 4.78 is 4.78. The van der Waals surface area contributed by atoms with Crippen LogP contribution in [0.25, 0.3) is 94.1 Å². The van der Waals surface area contributed by atoms with Crippen LogP contribution in [-0.4, -0.2) is 9.13 Å². The molecule has 0 amide bonds. The first-order chi connectivity index (χ1) is 29.7. The molecule has 60 heavy (non-hydrogen) atoms. The predicted molar refractivity (Wildman–Crippen MR) is 254 cm³/mol. The van der Waals surface area contributed by atoms with Gasteiger partial charge in [0.05, 0.1) is 22.1 Å². The molecule has 0 radical (unpaired) electrons. The number of hydrogen-bond donors (Lipinski definition) is 1. The first kappa shape index (κ1) is 35.3. The van der Waals surface area contributed by atoms with Gasteiger partial charge in [-0.1, -0.05) is 152 Å². The zero-order chi connectivity index (χ0) is 40.0. The van der Waals surface area contributed by atoms with Crippen molar-refractivity contribution in [2.75, 3.05) is 0 Å². The standard InChI is InChI=1S/C57H41N3/c58-53(46-18-12-17-42(35-46)40-13-4-1-5-14-40)31-25-39-23-29-48(30-24-39)60-56-32-26-43(41-15-6-2-7-16-41)36-51(56)52-38-45(28-34-57(52)60)44-27-33-55-50(37-44)49-21-10-11-22-54(49)59(55)47-19-8-3-9-20-47/h1-24,26-38H,25,58H2/b53-31-. The average molecular weight is 768 g/mol. The second-order valence-electron chi connectivity index (χ2n) is 15.6. The number of fused-ring (bicyclic) bond motifs is 6. The molecule has 0 aliphatic heterocycles. The maximum atomic E-state index is 6.66. The van der Waals surface area contributed by atoms with E-state index in [2.05, 4.69) is 228 Å². The Morgan fingerprint density at radius 2 is 0.783 bits per heavy atom. The van der Waals surface area contributed by atoms with Crippen LogP contribution in [-0.2, 0) is 6.42 Å². The molecule has 2 aromatic heterocycles. The fraction of sp³-hybridized carbons (Fsp3) is 0.0175. The van der Waals surface area contributed by atoms with E-state index < -0.39 is 0 Å². The number of nitrogens with two attached hydrogens (primary N) is 1. The largest absolute Gasteiger partial charge is 0.398 e. The third kappa shape index (κ3) is 6.25. The highest BCUT2D eigenvalue weighted by Gasteiger charge is 2.17. The molecule has 0 saturated heterocycles. The summed E-state index contributed by atoms with van der Waals surface area (Å²) in [4.78, 5) is 0. The first-order valence-corrected chi connectivity index (χ1v) is 20.6. The molecule has 284 valence electrons. The van der Waals surface area contributed by atoms with E-state index >= 15 is 0 Å². The van der Waals surface area contributed by atoms with Crippen molar-refractivity contribution in [2.24, 2.45) is 5.73 Å². The van der Waals surface area contributed by atoms with Crippen molar-refractivity contribution in [3.63, 3.8) is 0 Å². The summed E-state index contributed by atoms with van der Waals surface area (Å²) in [6, 6.07) is 78.7. The monoisotopic (exact) mass is 767 g/mol. The van der Waals surface area contributed by atoms with Crippen LogP contribution < -0.4 is 5.73 Å². The molecule has 11 aromatic rings. The maximum absolute atomic E-state index is 6.66. The summed E-state index contributed by atoms with van der Waals surface area (Å²) >= 11 is 0. The summed E-state index contributed by atoms with van der Waals surface area (Å²) in [7, 11) is 0. The van der Waals surface area contributed by atoms with E-state index in [9.17, 15) is 0 Å². The van der Waals surface area contributed by atoms with Crippen molar-refractivity contribution in [3.8, 4) is 44.8 Å². The van der Waals surface area contributed by atoms with Crippen molar-refractivity contribution in [1.29, 1.82) is 0 Å². The fourth-order valence-electron chi connectivity index (χ4n) is 8.93. The van der Waals surface area contributed by atoms with Gasteiger partial charge in [0, 0.05) is 38.6 Å². The fourth-order valence-corrected chi connectivity index (χ4v) is 8.93. The molecular weight excluding hydrogens is 727 g/mol. The van der Waals surface area contributed by atoms with E-state index in [1.54, 1.807) is 0 Å². The summed E-state index contributed by atoms with van der Waals surface area (Å²) in [5.74, 6) is 0. The van der Waals surface area contributed by atoms with Crippen LogP contribution in [0.5, 0.6) is 0 Å². The lowest BCUT2D eigenvalue weighted by Gasteiger charge is -2.10. The Morgan fingerprint density at radius 1 is 0.350 bits per heavy atom. The molecule has 0 unspecified atom stereocenters. The lowest BCUT2D eigenvalue weighted by atomic mass is 9.99. The molecule has 0 bridgehead atoms. The minimum atomic E-state index is 0.743. The Hall–Kier alpha value is -7.88. The van der Waals surface area contributed by atoms with Crippen LogP contribution in [0.2, 0.25) is 0 Å². The molecule has 11 rings (SSSR count). The summed E-state index contributed by atoms with van der Waals surface area (Å²) in [5.41, 5.74) is 23.9. The number of para-hydroxylation sites is 2. The smallest absolute Gasteiger partial charge is 0.0541 e. The van der Waals surface area contributed by atoms with E-state index in [0.29, 0.717) is 0 Å². The van der Waals surface area contributed by atoms with Gasteiger partial charge in [0.15, 0.2) is 0 Å². The molecule has 3 heteroatoms. The van der Waals surface area contributed by atoms with Crippen molar-refractivity contribution in [2.45, 2.75) is 6.42 Å². The minimum Gasteiger partial charge on any atom is -0.398 e. The number of hydrogen-bond acceptors (Lipinski definition) is 1. The average Bonchev–Trinajstić information content (AvgIpc) is 3.83. The van der Waals surface area contributed by atoms with Crippen LogP contribution in [0.3, 0.4) is 0 Å². The molecule has 0 saturated carbocycles. The van der Waals surface area contributed by atoms with Crippen LogP contribution in [0.15, 0.2) is 224 Å². The molecule has 0 aliphatic carbocycles. The molecule has 3 nitrogen and oxygen atoms in total. The van der Waals surface area contributed by atoms with E-state index in [1.165, 1.54) is 82.7 Å². The van der Waals surface area contributed by atoms with Crippen molar-refractivity contribution >= 4 is 49.3 Å². The third-order valence-electron chi connectivity index (χ3n) is 11.9. The van der Waals surface area contributed by atoms with E-state index in [0.717, 1.165) is 28.9 Å². The normalized spacial score (nSPS) is 11.9. The summed E-state index contributed by atoms with van der Waals surface area (Å²) in [5, 5.41) is 4.96. The Morgan fingerprint density at radius 3 is 1.37 bits per heavy atom. The molecule has 0 spiro atoms. The lowest BCUT2D eigenvalue weighted by molar-refractivity contribution is 1.16. The molecule has 2 heterocycles. The van der Waals surface area contributed by atoms with Gasteiger partial charge in [-0.2, -0.15) is 0 Å². The number of benzene rings is 9. The second-order valence-corrected chi connectivity index (χ2v) is 15.6. The van der Waals surface area contributed by atoms with Gasteiger partial charge in [-0.3, -0.25) is 0 Å². The Bertz CT molecular complexity index is 3370. The maximum Gasteiger partial charge on any atom is 0.0541 e. The predicted octanol–water partition coefficient (Wildman–Crippen LogP) is 14.4. The summed E-state index contributed by atoms with van der Waals surface area (Å²) in [6.07, 6.45) is 2.87. The molecule has 0 fully saturated rings. The molecule has 2 N–H and O–H groups in total. The van der Waals surface area contributed by atoms with Crippen LogP contribution in [0, 0.1) is 0 Å². The second kappa shape index (κ2) is 14.8. The van der Waals surface area contributed by atoms with E-state index in [4.69, 9.17) is 5.73 Å². The van der Waals surface area contributed by atoms with Gasteiger partial charge >= 0.3 is 0 Å². The van der Waals surface area contributed by atoms with Gasteiger partial charge in [-0.15, -0.1) is 0 Å². The molecule has 9 aromatic carbocycles. The van der Waals surface area contributed by atoms with Gasteiger partial charge in [0.25, 0.3) is 0 Å². The van der Waals surface area contributed by atoms with Gasteiger partial charge in [0.2, 0.25) is 0 Å². The van der Waals surface area contributed by atoms with Crippen LogP contribution in [0.4, 0.5) is 0 Å². The third-order valence-corrected chi connectivity index (χ3v) is 11.9. The zero-order valence-corrected chi connectivity index (χ0v) is 33.0. The highest BCUT2D eigenvalue weighted by atomic mass is 15.0. The van der Waals surface area contributed by atoms with Crippen molar-refractivity contribution < 1.29 is 0 Å². The number of rotatable bonds is 8. The highest BCUT2D eigenvalue weighted by molar-refractivity contribution is 6.13. The lowest BCUT2D eigenvalue weighted by Crippen LogP contribution is -1.98. The van der Waals surface area contributed by atoms with Gasteiger partial charge in [-0.25, -0.2) is 0 Å². The molecule has 0 aliphatic rings. The van der Waals surface area contributed by atoms with Crippen LogP contribution in [0.1, 0.15) is 11.1 Å². The first-order valence-electron chi connectivity index (χ1n) is 20.6. The van der Waals surface area contributed by atoms with Gasteiger partial charge in [-0.05, 0) is 124 Å².